The second kappa shape index (κ2) is 10.1. The minimum Gasteiger partial charge on any atom is -0.355 e. The van der Waals surface area contributed by atoms with Gasteiger partial charge in [-0.05, 0) is 43.9 Å². The Balaban J connectivity index is 1.41. The molecule has 1 N–H and O–H groups in total. The van der Waals surface area contributed by atoms with Gasteiger partial charge in [0.05, 0.1) is 10.0 Å². The van der Waals surface area contributed by atoms with E-state index in [9.17, 15) is 14.4 Å². The number of aromatic nitrogens is 2. The Hall–Kier alpha value is -2.38. The number of ketones is 1. The Morgan fingerprint density at radius 2 is 2.00 bits per heavy atom. The largest absolute Gasteiger partial charge is 0.355 e. The third kappa shape index (κ3) is 5.40. The average Bonchev–Trinajstić information content (AvgIpc) is 3.25. The molecule has 2 heterocycles. The van der Waals surface area contributed by atoms with Crippen LogP contribution >= 0.6 is 23.2 Å². The summed E-state index contributed by atoms with van der Waals surface area (Å²) in [6.45, 7) is 3.60. The molecule has 2 amide bonds. The maximum atomic E-state index is 12.4. The van der Waals surface area contributed by atoms with Crippen molar-refractivity contribution < 1.29 is 14.4 Å². The number of rotatable bonds is 9. The van der Waals surface area contributed by atoms with Gasteiger partial charge >= 0.3 is 0 Å². The number of aryl methyl sites for hydroxylation is 3. The molecule has 1 atom stereocenters. The van der Waals surface area contributed by atoms with Gasteiger partial charge in [0.25, 0.3) is 5.91 Å². The van der Waals surface area contributed by atoms with E-state index in [-0.39, 0.29) is 6.54 Å². The van der Waals surface area contributed by atoms with E-state index >= 15 is 0 Å². The predicted molar refractivity (Wildman–Crippen MR) is 114 cm³/mol. The van der Waals surface area contributed by atoms with Crippen LogP contribution in [0.15, 0.2) is 30.6 Å². The van der Waals surface area contributed by atoms with Crippen LogP contribution in [0.2, 0.25) is 10.0 Å². The number of likely N-dealkylation sites (tertiary alicyclic amines) is 1. The van der Waals surface area contributed by atoms with Gasteiger partial charge < -0.3 is 14.8 Å². The first kappa shape index (κ1) is 22.3. The number of hydrogen-bond donors (Lipinski definition) is 1. The second-order valence-electron chi connectivity index (χ2n) is 7.33. The van der Waals surface area contributed by atoms with Gasteiger partial charge in [-0.2, -0.15) is 0 Å². The van der Waals surface area contributed by atoms with E-state index in [1.54, 1.807) is 18.3 Å². The van der Waals surface area contributed by atoms with Gasteiger partial charge in [0, 0.05) is 38.6 Å². The molecular weight excluding hydrogens is 427 g/mol. The molecule has 1 aromatic heterocycles. The lowest BCUT2D eigenvalue weighted by molar-refractivity contribution is -0.142. The van der Waals surface area contributed by atoms with Crippen LogP contribution in [0.1, 0.15) is 24.2 Å². The molecule has 0 radical (unpaired) electrons. The summed E-state index contributed by atoms with van der Waals surface area (Å²) in [6.07, 6.45) is 5.69. The van der Waals surface area contributed by atoms with Crippen LogP contribution in [0.25, 0.3) is 0 Å². The molecule has 1 aliphatic rings. The molecule has 3 rings (SSSR count). The fourth-order valence-corrected chi connectivity index (χ4v) is 3.80. The molecule has 2 aromatic rings. The lowest BCUT2D eigenvalue weighted by atomic mass is 10.1. The highest BCUT2D eigenvalue weighted by atomic mass is 35.5. The Kier molecular flexibility index (Phi) is 7.50. The van der Waals surface area contributed by atoms with E-state index in [1.807, 2.05) is 23.8 Å². The maximum Gasteiger partial charge on any atom is 0.290 e. The van der Waals surface area contributed by atoms with E-state index in [0.717, 1.165) is 11.4 Å². The van der Waals surface area contributed by atoms with Gasteiger partial charge in [0.1, 0.15) is 11.7 Å². The van der Waals surface area contributed by atoms with Crippen LogP contribution in [0, 0.1) is 12.8 Å². The number of nitrogens with zero attached hydrogens (tertiary/aromatic N) is 3. The van der Waals surface area contributed by atoms with E-state index in [0.29, 0.717) is 48.9 Å². The van der Waals surface area contributed by atoms with Crippen LogP contribution in [-0.2, 0) is 27.3 Å². The summed E-state index contributed by atoms with van der Waals surface area (Å²) in [7, 11) is 0. The highest BCUT2D eigenvalue weighted by molar-refractivity contribution is 6.42. The molecule has 1 aliphatic heterocycles. The van der Waals surface area contributed by atoms with Gasteiger partial charge in [-0.1, -0.05) is 29.3 Å². The summed E-state index contributed by atoms with van der Waals surface area (Å²) in [5, 5.41) is 3.77. The number of halogens is 2. The molecule has 0 saturated carbocycles. The monoisotopic (exact) mass is 450 g/mol. The van der Waals surface area contributed by atoms with E-state index in [4.69, 9.17) is 23.2 Å². The molecule has 1 aromatic carbocycles. The van der Waals surface area contributed by atoms with E-state index in [1.165, 1.54) is 4.90 Å². The van der Waals surface area contributed by atoms with Crippen molar-refractivity contribution in [3.05, 3.63) is 52.0 Å². The number of hydrogen-bond acceptors (Lipinski definition) is 4. The minimum absolute atomic E-state index is 0.138. The summed E-state index contributed by atoms with van der Waals surface area (Å²) >= 11 is 11.9. The Bertz CT molecular complexity index is 944. The zero-order valence-corrected chi connectivity index (χ0v) is 18.2. The first-order valence-electron chi connectivity index (χ1n) is 9.89. The van der Waals surface area contributed by atoms with Gasteiger partial charge in [-0.3, -0.25) is 14.4 Å². The molecule has 0 aliphatic carbocycles. The lowest BCUT2D eigenvalue weighted by Gasteiger charge is -2.16. The van der Waals surface area contributed by atoms with Crippen molar-refractivity contribution in [2.75, 3.05) is 19.6 Å². The number of imidazole rings is 1. The second-order valence-corrected chi connectivity index (χ2v) is 8.15. The molecule has 7 nitrogen and oxygen atoms in total. The topological polar surface area (TPSA) is 84.3 Å². The van der Waals surface area contributed by atoms with E-state index in [2.05, 4.69) is 10.3 Å². The maximum absolute atomic E-state index is 12.4. The molecule has 9 heteroatoms. The minimum atomic E-state index is -0.933. The third-order valence-corrected chi connectivity index (χ3v) is 5.95. The van der Waals surface area contributed by atoms with Gasteiger partial charge in [0.2, 0.25) is 11.7 Å². The van der Waals surface area contributed by atoms with Crippen molar-refractivity contribution in [1.82, 2.24) is 19.8 Å². The lowest BCUT2D eigenvalue weighted by Crippen LogP contribution is -2.36. The highest BCUT2D eigenvalue weighted by Gasteiger charge is 2.42. The number of nitrogens with one attached hydrogen (secondary N) is 1. The van der Waals surface area contributed by atoms with Crippen LogP contribution in [0.4, 0.5) is 0 Å². The van der Waals surface area contributed by atoms with Crippen molar-refractivity contribution in [1.29, 1.82) is 0 Å². The smallest absolute Gasteiger partial charge is 0.290 e. The number of Topliss-reactive ketones (excluding diaryl/α,β-unsaturated/α-hetero) is 1. The van der Waals surface area contributed by atoms with Crippen LogP contribution in [0.5, 0.6) is 0 Å². The predicted octanol–water partition coefficient (Wildman–Crippen LogP) is 2.66. The van der Waals surface area contributed by atoms with Crippen LogP contribution < -0.4 is 5.32 Å². The van der Waals surface area contributed by atoms with Gasteiger partial charge in [-0.25, -0.2) is 4.98 Å². The number of benzene rings is 1. The first-order chi connectivity index (χ1) is 14.4. The number of carbonyl (C=O) groups is 3. The summed E-state index contributed by atoms with van der Waals surface area (Å²) in [5.74, 6) is -1.63. The normalized spacial score (nSPS) is 16.4. The average molecular weight is 451 g/mol. The molecule has 0 spiro atoms. The Morgan fingerprint density at radius 3 is 2.70 bits per heavy atom. The van der Waals surface area contributed by atoms with E-state index < -0.39 is 23.5 Å². The third-order valence-electron chi connectivity index (χ3n) is 5.21. The number of carbonyl (C=O) groups excluding carboxylic acids is 3. The molecule has 30 heavy (non-hydrogen) atoms. The first-order valence-corrected chi connectivity index (χ1v) is 10.6. The summed E-state index contributed by atoms with van der Waals surface area (Å²) in [6, 6.07) is 5.43. The Morgan fingerprint density at radius 1 is 1.20 bits per heavy atom. The highest BCUT2D eigenvalue weighted by Crippen LogP contribution is 2.23. The zero-order valence-electron chi connectivity index (χ0n) is 16.7. The molecule has 1 fully saturated rings. The van der Waals surface area contributed by atoms with Crippen molar-refractivity contribution in [2.45, 2.75) is 32.7 Å². The van der Waals surface area contributed by atoms with Crippen molar-refractivity contribution in [3.8, 4) is 0 Å². The molecular formula is C21H24Cl2N4O3. The van der Waals surface area contributed by atoms with Gasteiger partial charge in [0.15, 0.2) is 0 Å². The molecule has 1 unspecified atom stereocenters. The van der Waals surface area contributed by atoms with Crippen LogP contribution in [0.3, 0.4) is 0 Å². The number of amides is 2. The molecule has 160 valence electrons. The molecule has 1 saturated heterocycles. The molecule has 0 bridgehead atoms. The standard InChI is InChI=1S/C21H24Cl2N4O3/c1-14-24-8-11-26(14)9-3-10-27-13-16(19(28)21(27)30)20(29)25-7-2-4-15-5-6-17(22)18(23)12-15/h5-6,8,11-12,16H,2-4,7,9-10,13H2,1H3,(H,25,29). The Labute approximate surface area is 185 Å². The van der Waals surface area contributed by atoms with Crippen LogP contribution in [-0.4, -0.2) is 51.7 Å². The summed E-state index contributed by atoms with van der Waals surface area (Å²) in [4.78, 5) is 42.5. The van der Waals surface area contributed by atoms with Crippen molar-refractivity contribution in [2.24, 2.45) is 5.92 Å². The van der Waals surface area contributed by atoms with Crippen molar-refractivity contribution >= 4 is 40.8 Å². The summed E-state index contributed by atoms with van der Waals surface area (Å²) < 4.78 is 1.99. The SMILES string of the molecule is Cc1nccn1CCCN1CC(C(=O)NCCCc2ccc(Cl)c(Cl)c2)C(=O)C1=O. The van der Waals surface area contributed by atoms with Crippen molar-refractivity contribution in [3.63, 3.8) is 0 Å². The zero-order chi connectivity index (χ0) is 21.7. The quantitative estimate of drug-likeness (QED) is 0.361. The van der Waals surface area contributed by atoms with Gasteiger partial charge in [-0.15, -0.1) is 0 Å². The summed E-state index contributed by atoms with van der Waals surface area (Å²) in [5.41, 5.74) is 1.02. The fourth-order valence-electron chi connectivity index (χ4n) is 3.48. The fraction of sp³-hybridized carbons (Fsp3) is 0.429.